The van der Waals surface area contributed by atoms with Crippen molar-refractivity contribution in [2.45, 2.75) is 6.10 Å². The maximum Gasteiger partial charge on any atom is 0.125 e. The van der Waals surface area contributed by atoms with E-state index in [2.05, 4.69) is 5.32 Å². The third kappa shape index (κ3) is 3.56. The summed E-state index contributed by atoms with van der Waals surface area (Å²) >= 11 is 0. The van der Waals surface area contributed by atoms with Crippen LogP contribution in [-0.2, 0) is 0 Å². The third-order valence-electron chi connectivity index (χ3n) is 3.12. The summed E-state index contributed by atoms with van der Waals surface area (Å²) in [5.74, 6) is 0.0502. The zero-order chi connectivity index (χ0) is 15.4. The highest BCUT2D eigenvalue weighted by Crippen LogP contribution is 2.35. The number of benzene rings is 2. The average molecular weight is 289 g/mol. The Kier molecular flexibility index (Phi) is 4.52. The van der Waals surface area contributed by atoms with Gasteiger partial charge in [-0.2, -0.15) is 0 Å². The van der Waals surface area contributed by atoms with Gasteiger partial charge in [-0.25, -0.2) is 0 Å². The molecule has 6 heteroatoms. The molecule has 112 valence electrons. The molecule has 0 aliphatic heterocycles. The molecule has 1 atom stereocenters. The predicted molar refractivity (Wildman–Crippen MR) is 83.9 cm³/mol. The lowest BCUT2D eigenvalue weighted by Gasteiger charge is -2.14. The summed E-state index contributed by atoms with van der Waals surface area (Å²) in [6, 6.07) is 10.1. The number of nitrogens with one attached hydrogen (secondary N) is 1. The van der Waals surface area contributed by atoms with Crippen molar-refractivity contribution in [2.24, 2.45) is 0 Å². The predicted octanol–water partition coefficient (Wildman–Crippen LogP) is 0.989. The SMILES string of the molecule is Nc1ccc(-c2cc(NCC(O)CO)ccc2N)c(O)c1. The molecule has 2 aromatic carbocycles. The Morgan fingerprint density at radius 1 is 1.05 bits per heavy atom. The minimum Gasteiger partial charge on any atom is -0.507 e. The number of phenolic OH excluding ortho intramolecular Hbond substituents is 1. The van der Waals surface area contributed by atoms with E-state index >= 15 is 0 Å². The Morgan fingerprint density at radius 3 is 2.48 bits per heavy atom. The highest BCUT2D eigenvalue weighted by molar-refractivity contribution is 5.83. The van der Waals surface area contributed by atoms with Gasteiger partial charge in [-0.05, 0) is 30.3 Å². The van der Waals surface area contributed by atoms with E-state index in [1.165, 1.54) is 6.07 Å². The van der Waals surface area contributed by atoms with Crippen LogP contribution in [0.15, 0.2) is 36.4 Å². The number of rotatable bonds is 5. The highest BCUT2D eigenvalue weighted by atomic mass is 16.3. The van der Waals surface area contributed by atoms with Crippen molar-refractivity contribution in [1.29, 1.82) is 0 Å². The van der Waals surface area contributed by atoms with Crippen LogP contribution < -0.4 is 16.8 Å². The van der Waals surface area contributed by atoms with Crippen LogP contribution in [0.4, 0.5) is 17.1 Å². The smallest absolute Gasteiger partial charge is 0.125 e. The van der Waals surface area contributed by atoms with Gasteiger partial charge in [0.05, 0.1) is 12.7 Å². The molecule has 6 nitrogen and oxygen atoms in total. The molecular weight excluding hydrogens is 270 g/mol. The summed E-state index contributed by atoms with van der Waals surface area (Å²) in [4.78, 5) is 0. The molecule has 0 heterocycles. The molecule has 0 radical (unpaired) electrons. The third-order valence-corrected chi connectivity index (χ3v) is 3.12. The molecule has 0 amide bonds. The van der Waals surface area contributed by atoms with Gasteiger partial charge in [-0.3, -0.25) is 0 Å². The molecule has 0 fully saturated rings. The van der Waals surface area contributed by atoms with Gasteiger partial charge < -0.3 is 32.1 Å². The van der Waals surface area contributed by atoms with Crippen LogP contribution in [-0.4, -0.2) is 34.6 Å². The lowest BCUT2D eigenvalue weighted by Crippen LogP contribution is -2.22. The van der Waals surface area contributed by atoms with Gasteiger partial charge in [0.15, 0.2) is 0 Å². The molecule has 0 spiro atoms. The fourth-order valence-corrected chi connectivity index (χ4v) is 1.98. The van der Waals surface area contributed by atoms with Gasteiger partial charge >= 0.3 is 0 Å². The summed E-state index contributed by atoms with van der Waals surface area (Å²) in [6.45, 7) is -0.0961. The van der Waals surface area contributed by atoms with Crippen LogP contribution in [0.25, 0.3) is 11.1 Å². The van der Waals surface area contributed by atoms with E-state index in [1.807, 2.05) is 0 Å². The van der Waals surface area contributed by atoms with E-state index in [-0.39, 0.29) is 18.9 Å². The topological polar surface area (TPSA) is 125 Å². The summed E-state index contributed by atoms with van der Waals surface area (Å²) in [5.41, 5.74) is 14.5. The van der Waals surface area contributed by atoms with Crippen molar-refractivity contribution in [2.75, 3.05) is 29.9 Å². The maximum absolute atomic E-state index is 9.99. The van der Waals surface area contributed by atoms with Gasteiger partial charge in [0, 0.05) is 40.8 Å². The number of aliphatic hydroxyl groups excluding tert-OH is 2. The van der Waals surface area contributed by atoms with E-state index in [1.54, 1.807) is 30.3 Å². The van der Waals surface area contributed by atoms with Gasteiger partial charge in [-0.15, -0.1) is 0 Å². The van der Waals surface area contributed by atoms with Gasteiger partial charge in [-0.1, -0.05) is 0 Å². The Hall–Kier alpha value is -2.44. The summed E-state index contributed by atoms with van der Waals surface area (Å²) in [5, 5.41) is 31.1. The first-order valence-corrected chi connectivity index (χ1v) is 6.52. The van der Waals surface area contributed by atoms with Crippen LogP contribution >= 0.6 is 0 Å². The average Bonchev–Trinajstić information content (AvgIpc) is 2.46. The van der Waals surface area contributed by atoms with Crippen LogP contribution in [0.3, 0.4) is 0 Å². The summed E-state index contributed by atoms with van der Waals surface area (Å²) in [6.07, 6.45) is -0.837. The molecule has 0 saturated carbocycles. The lowest BCUT2D eigenvalue weighted by molar-refractivity contribution is 0.105. The Labute approximate surface area is 122 Å². The van der Waals surface area contributed by atoms with Crippen molar-refractivity contribution < 1.29 is 15.3 Å². The number of nitrogens with two attached hydrogens (primary N) is 2. The number of aliphatic hydroxyl groups is 2. The van der Waals surface area contributed by atoms with Crippen molar-refractivity contribution in [3.8, 4) is 16.9 Å². The number of nitrogen functional groups attached to an aromatic ring is 2. The minimum absolute atomic E-state index is 0.0502. The van der Waals surface area contributed by atoms with Crippen LogP contribution in [0.2, 0.25) is 0 Å². The largest absolute Gasteiger partial charge is 0.507 e. The van der Waals surface area contributed by atoms with E-state index in [0.29, 0.717) is 22.5 Å². The molecule has 0 aliphatic carbocycles. The molecule has 2 rings (SSSR count). The normalized spacial score (nSPS) is 12.1. The van der Waals surface area contributed by atoms with Crippen molar-refractivity contribution in [3.05, 3.63) is 36.4 Å². The van der Waals surface area contributed by atoms with Crippen molar-refractivity contribution in [3.63, 3.8) is 0 Å². The van der Waals surface area contributed by atoms with Gasteiger partial charge in [0.25, 0.3) is 0 Å². The Bertz CT molecular complexity index is 632. The molecule has 2 aromatic rings. The first-order valence-electron chi connectivity index (χ1n) is 6.52. The zero-order valence-corrected chi connectivity index (χ0v) is 11.5. The second kappa shape index (κ2) is 6.34. The fourth-order valence-electron chi connectivity index (χ4n) is 1.98. The van der Waals surface area contributed by atoms with E-state index in [4.69, 9.17) is 16.6 Å². The van der Waals surface area contributed by atoms with Crippen LogP contribution in [0.5, 0.6) is 5.75 Å². The molecule has 8 N–H and O–H groups in total. The second-order valence-corrected chi connectivity index (χ2v) is 4.80. The molecule has 0 aliphatic rings. The number of aromatic hydroxyl groups is 1. The standard InChI is InChI=1S/C15H19N3O3/c16-9-1-3-12(15(21)5-9)13-6-10(2-4-14(13)17)18-7-11(20)8-19/h1-6,11,18-21H,7-8,16-17H2. The molecule has 21 heavy (non-hydrogen) atoms. The number of hydrogen-bond acceptors (Lipinski definition) is 6. The Balaban J connectivity index is 2.30. The lowest BCUT2D eigenvalue weighted by atomic mass is 10.0. The fraction of sp³-hybridized carbons (Fsp3) is 0.200. The molecule has 0 bridgehead atoms. The van der Waals surface area contributed by atoms with E-state index in [9.17, 15) is 10.2 Å². The monoisotopic (exact) mass is 289 g/mol. The number of hydrogen-bond donors (Lipinski definition) is 6. The van der Waals surface area contributed by atoms with E-state index in [0.717, 1.165) is 5.69 Å². The number of anilines is 3. The first-order chi connectivity index (χ1) is 10.0. The molecule has 0 saturated heterocycles. The summed E-state index contributed by atoms with van der Waals surface area (Å²) < 4.78 is 0. The highest BCUT2D eigenvalue weighted by Gasteiger charge is 2.10. The maximum atomic E-state index is 9.99. The quantitative estimate of drug-likeness (QED) is 0.456. The molecule has 1 unspecified atom stereocenters. The van der Waals surface area contributed by atoms with Crippen LogP contribution in [0.1, 0.15) is 0 Å². The molecular formula is C15H19N3O3. The molecule has 0 aromatic heterocycles. The Morgan fingerprint density at radius 2 is 1.81 bits per heavy atom. The zero-order valence-electron chi connectivity index (χ0n) is 11.5. The van der Waals surface area contributed by atoms with E-state index < -0.39 is 6.10 Å². The second-order valence-electron chi connectivity index (χ2n) is 4.80. The number of phenols is 1. The van der Waals surface area contributed by atoms with Crippen LogP contribution in [0, 0.1) is 0 Å². The van der Waals surface area contributed by atoms with Crippen molar-refractivity contribution in [1.82, 2.24) is 0 Å². The minimum atomic E-state index is -0.837. The van der Waals surface area contributed by atoms with Crippen molar-refractivity contribution >= 4 is 17.1 Å². The first kappa shape index (κ1) is 15.0. The van der Waals surface area contributed by atoms with Gasteiger partial charge in [0.2, 0.25) is 0 Å². The summed E-state index contributed by atoms with van der Waals surface area (Å²) in [7, 11) is 0. The van der Waals surface area contributed by atoms with Gasteiger partial charge in [0.1, 0.15) is 5.75 Å².